The van der Waals surface area contributed by atoms with Gasteiger partial charge < -0.3 is 10.6 Å². The molecule has 100 valence electrons. The minimum absolute atomic E-state index is 0.240. The number of aryl methyl sites for hydroxylation is 1. The lowest BCUT2D eigenvalue weighted by Crippen LogP contribution is -2.37. The van der Waals surface area contributed by atoms with E-state index in [-0.39, 0.29) is 6.04 Å². The van der Waals surface area contributed by atoms with Crippen LogP contribution in [-0.4, -0.2) is 18.6 Å². The van der Waals surface area contributed by atoms with Crippen molar-refractivity contribution in [2.75, 3.05) is 11.4 Å². The highest BCUT2D eigenvalue weighted by Gasteiger charge is 2.19. The monoisotopic (exact) mass is 246 g/mol. The minimum Gasteiger partial charge on any atom is -0.369 e. The zero-order chi connectivity index (χ0) is 13.1. The van der Waals surface area contributed by atoms with Gasteiger partial charge in [0.2, 0.25) is 0 Å². The summed E-state index contributed by atoms with van der Waals surface area (Å²) in [7, 11) is 0. The van der Waals surface area contributed by atoms with Gasteiger partial charge in [-0.3, -0.25) is 0 Å². The number of rotatable bonds is 3. The molecule has 1 fully saturated rings. The van der Waals surface area contributed by atoms with E-state index in [0.717, 1.165) is 6.42 Å². The van der Waals surface area contributed by atoms with E-state index < -0.39 is 0 Å². The fourth-order valence-electron chi connectivity index (χ4n) is 2.99. The quantitative estimate of drug-likeness (QED) is 0.887. The standard InChI is InChI=1S/C16H26N2/c1-12-10-15(11-13(2)17)7-8-16(12)18-9-5-4-6-14(18)3/h7-8,10,13-14H,4-6,9,11,17H2,1-3H3. The van der Waals surface area contributed by atoms with Crippen molar-refractivity contribution in [1.82, 2.24) is 0 Å². The molecule has 1 aliphatic rings. The zero-order valence-electron chi connectivity index (χ0n) is 11.9. The Morgan fingerprint density at radius 1 is 1.39 bits per heavy atom. The van der Waals surface area contributed by atoms with Crippen LogP contribution in [0.15, 0.2) is 18.2 Å². The molecule has 2 N–H and O–H groups in total. The van der Waals surface area contributed by atoms with E-state index in [1.54, 1.807) is 0 Å². The lowest BCUT2D eigenvalue weighted by Gasteiger charge is -2.36. The Kier molecular flexibility index (Phi) is 4.28. The third-order valence-electron chi connectivity index (χ3n) is 3.93. The van der Waals surface area contributed by atoms with Crippen LogP contribution in [0.4, 0.5) is 5.69 Å². The predicted molar refractivity (Wildman–Crippen MR) is 79.2 cm³/mol. The summed E-state index contributed by atoms with van der Waals surface area (Å²) in [6.45, 7) is 7.83. The summed E-state index contributed by atoms with van der Waals surface area (Å²) in [6.07, 6.45) is 4.99. The molecule has 0 saturated carbocycles. The second-order valence-electron chi connectivity index (χ2n) is 5.84. The topological polar surface area (TPSA) is 29.3 Å². The van der Waals surface area contributed by atoms with Gasteiger partial charge in [-0.15, -0.1) is 0 Å². The van der Waals surface area contributed by atoms with Crippen molar-refractivity contribution in [1.29, 1.82) is 0 Å². The van der Waals surface area contributed by atoms with E-state index in [0.29, 0.717) is 6.04 Å². The fourth-order valence-corrected chi connectivity index (χ4v) is 2.99. The number of hydrogen-bond acceptors (Lipinski definition) is 2. The van der Waals surface area contributed by atoms with Gasteiger partial charge in [0.25, 0.3) is 0 Å². The number of hydrogen-bond donors (Lipinski definition) is 1. The molecule has 1 aliphatic heterocycles. The van der Waals surface area contributed by atoms with Crippen LogP contribution in [0, 0.1) is 6.92 Å². The van der Waals surface area contributed by atoms with Crippen molar-refractivity contribution in [3.8, 4) is 0 Å². The molecular weight excluding hydrogens is 220 g/mol. The summed E-state index contributed by atoms with van der Waals surface area (Å²) < 4.78 is 0. The van der Waals surface area contributed by atoms with Gasteiger partial charge in [-0.2, -0.15) is 0 Å². The van der Waals surface area contributed by atoms with E-state index in [1.165, 1.54) is 42.6 Å². The maximum atomic E-state index is 5.87. The van der Waals surface area contributed by atoms with Crippen molar-refractivity contribution in [2.24, 2.45) is 5.73 Å². The first-order valence-electron chi connectivity index (χ1n) is 7.19. The van der Waals surface area contributed by atoms with Gasteiger partial charge in [-0.1, -0.05) is 12.1 Å². The first-order valence-corrected chi connectivity index (χ1v) is 7.19. The molecule has 1 saturated heterocycles. The highest BCUT2D eigenvalue weighted by atomic mass is 15.2. The molecule has 2 unspecified atom stereocenters. The largest absolute Gasteiger partial charge is 0.369 e. The molecule has 0 bridgehead atoms. The summed E-state index contributed by atoms with van der Waals surface area (Å²) in [4.78, 5) is 2.56. The first-order chi connectivity index (χ1) is 8.58. The van der Waals surface area contributed by atoms with Crippen LogP contribution in [0.5, 0.6) is 0 Å². The highest BCUT2D eigenvalue weighted by molar-refractivity contribution is 5.55. The lowest BCUT2D eigenvalue weighted by atomic mass is 9.99. The van der Waals surface area contributed by atoms with Crippen LogP contribution in [-0.2, 0) is 6.42 Å². The maximum Gasteiger partial charge on any atom is 0.0398 e. The molecule has 1 aromatic rings. The van der Waals surface area contributed by atoms with Crippen molar-refractivity contribution in [3.05, 3.63) is 29.3 Å². The summed E-state index contributed by atoms with van der Waals surface area (Å²) >= 11 is 0. The SMILES string of the molecule is Cc1cc(CC(C)N)ccc1N1CCCCC1C. The molecule has 1 heterocycles. The number of nitrogens with two attached hydrogens (primary N) is 1. The average Bonchev–Trinajstić information content (AvgIpc) is 2.30. The molecule has 2 atom stereocenters. The van der Waals surface area contributed by atoms with E-state index in [9.17, 15) is 0 Å². The van der Waals surface area contributed by atoms with Gasteiger partial charge in [0.1, 0.15) is 0 Å². The summed E-state index contributed by atoms with van der Waals surface area (Å²) in [6, 6.07) is 7.75. The molecular formula is C16H26N2. The molecule has 2 heteroatoms. The van der Waals surface area contributed by atoms with E-state index >= 15 is 0 Å². The van der Waals surface area contributed by atoms with Crippen LogP contribution in [0.1, 0.15) is 44.2 Å². The Morgan fingerprint density at radius 3 is 2.78 bits per heavy atom. The molecule has 18 heavy (non-hydrogen) atoms. The second kappa shape index (κ2) is 5.75. The Balaban J connectivity index is 2.18. The van der Waals surface area contributed by atoms with Gasteiger partial charge in [0, 0.05) is 24.3 Å². The van der Waals surface area contributed by atoms with Crippen LogP contribution >= 0.6 is 0 Å². The van der Waals surface area contributed by atoms with Gasteiger partial charge in [-0.05, 0) is 63.6 Å². The molecule has 0 radical (unpaired) electrons. The van der Waals surface area contributed by atoms with Crippen molar-refractivity contribution >= 4 is 5.69 Å². The fraction of sp³-hybridized carbons (Fsp3) is 0.625. The van der Waals surface area contributed by atoms with Gasteiger partial charge >= 0.3 is 0 Å². The van der Waals surface area contributed by atoms with Gasteiger partial charge in [0.15, 0.2) is 0 Å². The molecule has 2 nitrogen and oxygen atoms in total. The van der Waals surface area contributed by atoms with Gasteiger partial charge in [0.05, 0.1) is 0 Å². The Morgan fingerprint density at radius 2 is 2.17 bits per heavy atom. The average molecular weight is 246 g/mol. The smallest absolute Gasteiger partial charge is 0.0398 e. The zero-order valence-corrected chi connectivity index (χ0v) is 11.9. The molecule has 0 amide bonds. The van der Waals surface area contributed by atoms with Crippen molar-refractivity contribution in [3.63, 3.8) is 0 Å². The first kappa shape index (κ1) is 13.4. The number of benzene rings is 1. The predicted octanol–water partition coefficient (Wildman–Crippen LogP) is 3.26. The molecule has 0 spiro atoms. The van der Waals surface area contributed by atoms with Gasteiger partial charge in [-0.25, -0.2) is 0 Å². The number of nitrogens with zero attached hydrogens (tertiary/aromatic N) is 1. The Bertz CT molecular complexity index is 398. The maximum absolute atomic E-state index is 5.87. The van der Waals surface area contributed by atoms with Crippen molar-refractivity contribution in [2.45, 2.75) is 58.5 Å². The van der Waals surface area contributed by atoms with Crippen LogP contribution < -0.4 is 10.6 Å². The summed E-state index contributed by atoms with van der Waals surface area (Å²) in [5.41, 5.74) is 10.0. The number of anilines is 1. The normalized spacial score (nSPS) is 22.0. The van der Waals surface area contributed by atoms with E-state index in [1.807, 2.05) is 0 Å². The minimum atomic E-state index is 0.240. The van der Waals surface area contributed by atoms with Crippen LogP contribution in [0.3, 0.4) is 0 Å². The third kappa shape index (κ3) is 3.05. The van der Waals surface area contributed by atoms with E-state index in [2.05, 4.69) is 43.9 Å². The van der Waals surface area contributed by atoms with Crippen LogP contribution in [0.25, 0.3) is 0 Å². The van der Waals surface area contributed by atoms with Crippen LogP contribution in [0.2, 0.25) is 0 Å². The molecule has 0 aliphatic carbocycles. The molecule has 2 rings (SSSR count). The Hall–Kier alpha value is -1.02. The van der Waals surface area contributed by atoms with Crippen molar-refractivity contribution < 1.29 is 0 Å². The van der Waals surface area contributed by atoms with E-state index in [4.69, 9.17) is 5.73 Å². The molecule has 0 aromatic heterocycles. The summed E-state index contributed by atoms with van der Waals surface area (Å²) in [5, 5.41) is 0. The highest BCUT2D eigenvalue weighted by Crippen LogP contribution is 2.28. The third-order valence-corrected chi connectivity index (χ3v) is 3.93. The lowest BCUT2D eigenvalue weighted by molar-refractivity contribution is 0.484. The molecule has 1 aromatic carbocycles. The summed E-state index contributed by atoms with van der Waals surface area (Å²) in [5.74, 6) is 0. The number of piperidine rings is 1. The Labute approximate surface area is 111 Å². The second-order valence-corrected chi connectivity index (χ2v) is 5.84.